The molecule has 0 unspecified atom stereocenters. The second-order valence-corrected chi connectivity index (χ2v) is 12.2. The lowest BCUT2D eigenvalue weighted by Crippen LogP contribution is -2.27. The van der Waals surface area contributed by atoms with E-state index < -0.39 is 17.6 Å². The highest BCUT2D eigenvalue weighted by atomic mass is 19.1. The molecule has 1 N–H and O–H groups in total. The Morgan fingerprint density at radius 1 is 1.02 bits per heavy atom. The second kappa shape index (κ2) is 11.3. The van der Waals surface area contributed by atoms with Crippen molar-refractivity contribution in [2.24, 2.45) is 12.5 Å². The van der Waals surface area contributed by atoms with E-state index in [0.717, 1.165) is 22.7 Å². The van der Waals surface area contributed by atoms with Crippen LogP contribution in [0.15, 0.2) is 66.7 Å². The smallest absolute Gasteiger partial charge is 0.335 e. The molecule has 12 heteroatoms. The van der Waals surface area contributed by atoms with E-state index in [0.29, 0.717) is 30.1 Å². The Labute approximate surface area is 262 Å². The van der Waals surface area contributed by atoms with Crippen LogP contribution in [-0.4, -0.2) is 53.8 Å². The van der Waals surface area contributed by atoms with Crippen molar-refractivity contribution in [1.29, 1.82) is 0 Å². The third kappa shape index (κ3) is 5.34. The number of ether oxygens (including phenoxy) is 2. The van der Waals surface area contributed by atoms with Crippen LogP contribution >= 0.6 is 0 Å². The molecule has 0 aliphatic carbocycles. The summed E-state index contributed by atoms with van der Waals surface area (Å²) in [5, 5.41) is 17.7. The molecule has 0 saturated carbocycles. The number of aryl methyl sites for hydroxylation is 1. The van der Waals surface area contributed by atoms with Gasteiger partial charge in [-0.2, -0.15) is 0 Å². The molecular weight excluding hydrogens is 594 g/mol. The fraction of sp³-hybridized carbons (Fsp3) is 0.265. The van der Waals surface area contributed by atoms with Crippen molar-refractivity contribution in [1.82, 2.24) is 29.5 Å². The normalized spacial score (nSPS) is 16.0. The average molecular weight is 625 g/mol. The maximum atomic E-state index is 15.7. The number of carboxylic acid groups (broad SMARTS) is 1. The molecule has 234 valence electrons. The van der Waals surface area contributed by atoms with E-state index in [2.05, 4.69) is 29.1 Å². The minimum atomic E-state index is -1.06. The number of nitrogens with zero attached hydrogens (tertiary/aromatic N) is 6. The number of rotatable bonds is 8. The molecule has 3 aromatic heterocycles. The summed E-state index contributed by atoms with van der Waals surface area (Å²) in [7, 11) is 1.81. The second-order valence-electron chi connectivity index (χ2n) is 12.2. The zero-order valence-electron chi connectivity index (χ0n) is 25.4. The third-order valence-corrected chi connectivity index (χ3v) is 8.52. The van der Waals surface area contributed by atoms with Crippen LogP contribution in [0.5, 0.6) is 5.88 Å². The average Bonchev–Trinajstić information content (AvgIpc) is 3.70. The molecule has 0 spiro atoms. The van der Waals surface area contributed by atoms with Crippen LogP contribution in [0.3, 0.4) is 0 Å². The quantitative estimate of drug-likeness (QED) is 0.215. The van der Waals surface area contributed by atoms with Crippen molar-refractivity contribution in [3.63, 3.8) is 0 Å². The van der Waals surface area contributed by atoms with Crippen molar-refractivity contribution < 1.29 is 28.2 Å². The number of carbonyl (C=O) groups is 1. The largest absolute Gasteiger partial charge is 0.478 e. The lowest BCUT2D eigenvalue weighted by molar-refractivity contribution is 0.0697. The molecule has 1 aliphatic heterocycles. The predicted octanol–water partition coefficient (Wildman–Crippen LogP) is 6.12. The highest BCUT2D eigenvalue weighted by molar-refractivity contribution is 5.92. The van der Waals surface area contributed by atoms with Crippen molar-refractivity contribution in [2.45, 2.75) is 32.9 Å². The predicted molar refractivity (Wildman–Crippen MR) is 166 cm³/mol. The number of carboxylic acids is 1. The van der Waals surface area contributed by atoms with Gasteiger partial charge in [-0.1, -0.05) is 31.2 Å². The van der Waals surface area contributed by atoms with E-state index in [-0.39, 0.29) is 52.7 Å². The molecule has 6 aromatic rings. The number of hydrogen-bond acceptors (Lipinski definition) is 7. The number of pyridine rings is 1. The highest BCUT2D eigenvalue weighted by Crippen LogP contribution is 2.40. The number of imidazole rings is 1. The summed E-state index contributed by atoms with van der Waals surface area (Å²) in [4.78, 5) is 20.9. The Balaban J connectivity index is 1.18. The Morgan fingerprint density at radius 2 is 1.85 bits per heavy atom. The van der Waals surface area contributed by atoms with Crippen molar-refractivity contribution in [2.75, 3.05) is 13.2 Å². The van der Waals surface area contributed by atoms with Crippen molar-refractivity contribution in [3.05, 3.63) is 101 Å². The Bertz CT molecular complexity index is 2140. The van der Waals surface area contributed by atoms with Crippen LogP contribution in [0, 0.1) is 17.0 Å². The highest BCUT2D eigenvalue weighted by Gasteiger charge is 2.39. The first-order valence-electron chi connectivity index (χ1n) is 14.8. The summed E-state index contributed by atoms with van der Waals surface area (Å²) in [6.07, 6.45) is -0.0141. The first kappa shape index (κ1) is 29.5. The molecule has 46 heavy (non-hydrogen) atoms. The zero-order chi connectivity index (χ0) is 32.2. The maximum absolute atomic E-state index is 15.7. The van der Waals surface area contributed by atoms with Gasteiger partial charge < -0.3 is 19.1 Å². The van der Waals surface area contributed by atoms with Gasteiger partial charge in [-0.15, -0.1) is 5.10 Å². The SMILES string of the molecule is Cn1nnc2ccc(COc3cccc(-c4cc(F)c(Cc5nc6ccc(C(=O)O)cc6n5[C@@H]5COCC5(C)C)cc4F)n3)cc21. The number of fused-ring (bicyclic) bond motifs is 2. The zero-order valence-corrected chi connectivity index (χ0v) is 25.4. The minimum Gasteiger partial charge on any atom is -0.478 e. The molecule has 3 aromatic carbocycles. The first-order chi connectivity index (χ1) is 22.1. The monoisotopic (exact) mass is 624 g/mol. The van der Waals surface area contributed by atoms with Crippen molar-refractivity contribution in [3.8, 4) is 17.1 Å². The van der Waals surface area contributed by atoms with Gasteiger partial charge in [0.1, 0.15) is 29.6 Å². The van der Waals surface area contributed by atoms with Crippen molar-refractivity contribution >= 4 is 28.0 Å². The number of benzene rings is 3. The summed E-state index contributed by atoms with van der Waals surface area (Å²) in [6, 6.07) is 17.4. The molecule has 4 heterocycles. The van der Waals surface area contributed by atoms with E-state index >= 15 is 8.78 Å². The third-order valence-electron chi connectivity index (χ3n) is 8.52. The fourth-order valence-electron chi connectivity index (χ4n) is 5.99. The summed E-state index contributed by atoms with van der Waals surface area (Å²) in [5.41, 5.74) is 3.84. The summed E-state index contributed by atoms with van der Waals surface area (Å²) in [6.45, 7) is 5.21. The van der Waals surface area contributed by atoms with E-state index in [1.54, 1.807) is 35.0 Å². The lowest BCUT2D eigenvalue weighted by Gasteiger charge is -2.28. The van der Waals surface area contributed by atoms with E-state index in [4.69, 9.17) is 14.5 Å². The van der Waals surface area contributed by atoms with E-state index in [1.165, 1.54) is 12.1 Å². The Morgan fingerprint density at radius 3 is 2.63 bits per heavy atom. The van der Waals surface area contributed by atoms with Gasteiger partial charge in [0, 0.05) is 30.5 Å². The maximum Gasteiger partial charge on any atom is 0.335 e. The van der Waals surface area contributed by atoms with Crippen LogP contribution in [0.2, 0.25) is 0 Å². The van der Waals surface area contributed by atoms with Gasteiger partial charge in [0.25, 0.3) is 0 Å². The van der Waals surface area contributed by atoms with Gasteiger partial charge in [0.2, 0.25) is 5.88 Å². The van der Waals surface area contributed by atoms with Crippen LogP contribution in [0.1, 0.15) is 47.2 Å². The Hall–Kier alpha value is -5.23. The standard InChI is InChI=1S/C34H30F2N6O4/c1-34(2)18-45-17-30(34)42-29-13-20(33(43)44)8-10-26(29)37-31(42)14-21-12-24(36)22(15-23(21)35)25-5-4-6-32(38-25)46-16-19-7-9-27-28(11-19)41(3)40-39-27/h4-13,15,30H,14,16-18H2,1-3H3,(H,43,44)/t30-/m1/s1. The topological polar surface area (TPSA) is 117 Å². The molecule has 1 atom stereocenters. The molecule has 0 radical (unpaired) electrons. The molecule has 1 fully saturated rings. The van der Waals surface area contributed by atoms with Gasteiger partial charge in [-0.25, -0.2) is 28.2 Å². The molecule has 1 aliphatic rings. The minimum absolute atomic E-state index is 0.000919. The number of aromatic carboxylic acids is 1. The molecule has 7 rings (SSSR count). The summed E-state index contributed by atoms with van der Waals surface area (Å²) in [5.74, 6) is -1.57. The van der Waals surface area contributed by atoms with Crippen LogP contribution in [0.4, 0.5) is 8.78 Å². The molecule has 1 saturated heterocycles. The molecule has 10 nitrogen and oxygen atoms in total. The van der Waals surface area contributed by atoms with E-state index in [1.807, 2.05) is 29.8 Å². The molecular formula is C34H30F2N6O4. The number of hydrogen-bond donors (Lipinski definition) is 1. The molecule has 0 amide bonds. The lowest BCUT2D eigenvalue weighted by atomic mass is 9.87. The van der Waals surface area contributed by atoms with Gasteiger partial charge in [0.05, 0.1) is 47.1 Å². The summed E-state index contributed by atoms with van der Waals surface area (Å²) >= 11 is 0. The van der Waals surface area contributed by atoms with Gasteiger partial charge in [0.15, 0.2) is 0 Å². The van der Waals surface area contributed by atoms with Crippen LogP contribution in [-0.2, 0) is 24.8 Å². The van der Waals surface area contributed by atoms with E-state index in [9.17, 15) is 9.90 Å². The fourth-order valence-corrected chi connectivity index (χ4v) is 5.99. The first-order valence-corrected chi connectivity index (χ1v) is 14.8. The summed E-state index contributed by atoms with van der Waals surface area (Å²) < 4.78 is 46.6. The van der Waals surface area contributed by atoms with Gasteiger partial charge >= 0.3 is 5.97 Å². The van der Waals surface area contributed by atoms with Crippen LogP contribution < -0.4 is 4.74 Å². The van der Waals surface area contributed by atoms with Gasteiger partial charge in [-0.05, 0) is 59.7 Å². The van der Waals surface area contributed by atoms with Gasteiger partial charge in [-0.3, -0.25) is 0 Å². The number of halogens is 2. The Kier molecular flexibility index (Phi) is 7.23. The molecule has 0 bridgehead atoms. The number of aromatic nitrogens is 6. The van der Waals surface area contributed by atoms with Crippen LogP contribution in [0.25, 0.3) is 33.3 Å².